The lowest BCUT2D eigenvalue weighted by Crippen LogP contribution is -2.11. The molecule has 2 rings (SSSR count). The number of halogens is 3. The van der Waals surface area contributed by atoms with Crippen molar-refractivity contribution < 1.29 is 8.78 Å². The summed E-state index contributed by atoms with van der Waals surface area (Å²) in [6, 6.07) is 2.41. The molecule has 0 aliphatic heterocycles. The predicted molar refractivity (Wildman–Crippen MR) is 73.7 cm³/mol. The molecule has 0 amide bonds. The smallest absolute Gasteiger partial charge is 0.153 e. The van der Waals surface area contributed by atoms with Crippen molar-refractivity contribution in [1.29, 1.82) is 0 Å². The summed E-state index contributed by atoms with van der Waals surface area (Å²) in [6.45, 7) is 4.11. The molecule has 0 radical (unpaired) electrons. The van der Waals surface area contributed by atoms with Crippen LogP contribution < -0.4 is 0 Å². The molecule has 1 heterocycles. The number of imidazole rings is 1. The lowest BCUT2D eigenvalue weighted by molar-refractivity contribution is 0.467. The Morgan fingerprint density at radius 1 is 1.26 bits per heavy atom. The summed E-state index contributed by atoms with van der Waals surface area (Å²) in [6.07, 6.45) is 2.32. The van der Waals surface area contributed by atoms with Gasteiger partial charge in [-0.3, -0.25) is 0 Å². The summed E-state index contributed by atoms with van der Waals surface area (Å²) in [5.74, 6) is -0.0543. The number of nitrogens with zero attached hydrogens (tertiary/aromatic N) is 2. The number of benzene rings is 1. The van der Waals surface area contributed by atoms with Crippen LogP contribution in [0.4, 0.5) is 8.78 Å². The third kappa shape index (κ3) is 2.59. The average molecular weight is 287 g/mol. The van der Waals surface area contributed by atoms with E-state index in [1.54, 1.807) is 0 Å². The van der Waals surface area contributed by atoms with Gasteiger partial charge in [0.25, 0.3) is 0 Å². The largest absolute Gasteiger partial charge is 0.325 e. The fourth-order valence-electron chi connectivity index (χ4n) is 2.49. The molecule has 0 fully saturated rings. The first-order chi connectivity index (χ1) is 9.12. The molecule has 104 valence electrons. The maximum absolute atomic E-state index is 13.8. The van der Waals surface area contributed by atoms with Crippen LogP contribution in [0.3, 0.4) is 0 Å². The molecule has 0 aliphatic carbocycles. The van der Waals surface area contributed by atoms with Crippen LogP contribution in [0.2, 0.25) is 0 Å². The van der Waals surface area contributed by atoms with E-state index < -0.39 is 11.6 Å². The van der Waals surface area contributed by atoms with Crippen molar-refractivity contribution >= 4 is 22.6 Å². The SMILES string of the molecule is CCC(CC)n1c(CCCl)nc2c(F)cc(F)cc21. The fourth-order valence-corrected chi connectivity index (χ4v) is 2.66. The molecular weight excluding hydrogens is 270 g/mol. The van der Waals surface area contributed by atoms with Gasteiger partial charge in [-0.2, -0.15) is 0 Å². The highest BCUT2D eigenvalue weighted by atomic mass is 35.5. The molecule has 0 unspecified atom stereocenters. The van der Waals surface area contributed by atoms with Gasteiger partial charge in [0.1, 0.15) is 17.2 Å². The molecule has 0 spiro atoms. The molecular formula is C14H17ClF2N2. The van der Waals surface area contributed by atoms with Crippen LogP contribution in [-0.4, -0.2) is 15.4 Å². The lowest BCUT2D eigenvalue weighted by atomic mass is 10.1. The minimum atomic E-state index is -0.615. The Balaban J connectivity index is 2.71. The number of alkyl halides is 1. The van der Waals surface area contributed by atoms with E-state index in [2.05, 4.69) is 18.8 Å². The number of fused-ring (bicyclic) bond motifs is 1. The second-order valence-corrected chi connectivity index (χ2v) is 4.94. The normalized spacial score (nSPS) is 11.7. The van der Waals surface area contributed by atoms with E-state index >= 15 is 0 Å². The first kappa shape index (κ1) is 14.3. The van der Waals surface area contributed by atoms with Crippen LogP contribution in [0, 0.1) is 11.6 Å². The van der Waals surface area contributed by atoms with E-state index in [1.807, 2.05) is 4.57 Å². The van der Waals surface area contributed by atoms with Gasteiger partial charge in [0.2, 0.25) is 0 Å². The van der Waals surface area contributed by atoms with Crippen molar-refractivity contribution in [3.63, 3.8) is 0 Å². The van der Waals surface area contributed by atoms with E-state index in [4.69, 9.17) is 11.6 Å². The number of aryl methyl sites for hydroxylation is 1. The Morgan fingerprint density at radius 2 is 1.95 bits per heavy atom. The van der Waals surface area contributed by atoms with Crippen LogP contribution in [-0.2, 0) is 6.42 Å². The molecule has 0 aliphatic rings. The van der Waals surface area contributed by atoms with Gasteiger partial charge in [-0.05, 0) is 18.9 Å². The van der Waals surface area contributed by atoms with Gasteiger partial charge in [0, 0.05) is 24.4 Å². The quantitative estimate of drug-likeness (QED) is 0.742. The van der Waals surface area contributed by atoms with Gasteiger partial charge >= 0.3 is 0 Å². The Hall–Kier alpha value is -1.16. The molecule has 1 aromatic heterocycles. The third-order valence-corrected chi connectivity index (χ3v) is 3.60. The summed E-state index contributed by atoms with van der Waals surface area (Å²) in [5, 5.41) is 0. The van der Waals surface area contributed by atoms with Gasteiger partial charge in [-0.1, -0.05) is 13.8 Å². The van der Waals surface area contributed by atoms with Crippen molar-refractivity contribution in [1.82, 2.24) is 9.55 Å². The third-order valence-electron chi connectivity index (χ3n) is 3.41. The summed E-state index contributed by atoms with van der Waals surface area (Å²) in [7, 11) is 0. The number of aromatic nitrogens is 2. The van der Waals surface area contributed by atoms with E-state index in [0.717, 1.165) is 24.7 Å². The zero-order valence-corrected chi connectivity index (χ0v) is 11.8. The molecule has 19 heavy (non-hydrogen) atoms. The predicted octanol–water partition coefficient (Wildman–Crippen LogP) is 4.46. The Kier molecular flexibility index (Phi) is 4.40. The highest BCUT2D eigenvalue weighted by Gasteiger charge is 2.19. The molecule has 0 saturated carbocycles. The fraction of sp³-hybridized carbons (Fsp3) is 0.500. The topological polar surface area (TPSA) is 17.8 Å². The lowest BCUT2D eigenvalue weighted by Gasteiger charge is -2.18. The minimum absolute atomic E-state index is 0.185. The standard InChI is InChI=1S/C14H17ClF2N2/c1-3-10(4-2)19-12-8-9(16)7-11(17)14(12)18-13(19)5-6-15/h7-8,10H,3-6H2,1-2H3. The zero-order valence-electron chi connectivity index (χ0n) is 11.1. The van der Waals surface area contributed by atoms with Crippen molar-refractivity contribution in [2.24, 2.45) is 0 Å². The van der Waals surface area contributed by atoms with Gasteiger partial charge in [0.05, 0.1) is 5.52 Å². The van der Waals surface area contributed by atoms with Gasteiger partial charge in [-0.15, -0.1) is 11.6 Å². The first-order valence-electron chi connectivity index (χ1n) is 6.54. The molecule has 1 aromatic carbocycles. The van der Waals surface area contributed by atoms with Crippen LogP contribution in [0.1, 0.15) is 38.6 Å². The Labute approximate surface area is 116 Å². The molecule has 2 nitrogen and oxygen atoms in total. The molecule has 5 heteroatoms. The van der Waals surface area contributed by atoms with Gasteiger partial charge in [-0.25, -0.2) is 13.8 Å². The van der Waals surface area contributed by atoms with Crippen LogP contribution >= 0.6 is 11.6 Å². The minimum Gasteiger partial charge on any atom is -0.325 e. The summed E-state index contributed by atoms with van der Waals surface area (Å²) >= 11 is 5.78. The number of hydrogen-bond donors (Lipinski definition) is 0. The van der Waals surface area contributed by atoms with E-state index in [1.165, 1.54) is 6.07 Å². The van der Waals surface area contributed by atoms with E-state index in [-0.39, 0.29) is 11.6 Å². The highest BCUT2D eigenvalue weighted by Crippen LogP contribution is 2.28. The summed E-state index contributed by atoms with van der Waals surface area (Å²) < 4.78 is 29.2. The average Bonchev–Trinajstić information content (AvgIpc) is 2.71. The van der Waals surface area contributed by atoms with Crippen molar-refractivity contribution in [3.8, 4) is 0 Å². The number of hydrogen-bond acceptors (Lipinski definition) is 1. The molecule has 2 aromatic rings. The van der Waals surface area contributed by atoms with Crippen molar-refractivity contribution in [3.05, 3.63) is 29.6 Å². The van der Waals surface area contributed by atoms with Gasteiger partial charge in [0.15, 0.2) is 5.82 Å². The van der Waals surface area contributed by atoms with E-state index in [9.17, 15) is 8.78 Å². The van der Waals surface area contributed by atoms with Crippen LogP contribution in [0.5, 0.6) is 0 Å². The molecule has 0 atom stereocenters. The summed E-state index contributed by atoms with van der Waals surface area (Å²) in [4.78, 5) is 4.30. The monoisotopic (exact) mass is 286 g/mol. The Bertz CT molecular complexity index is 576. The molecule has 0 N–H and O–H groups in total. The maximum atomic E-state index is 13.8. The number of rotatable bonds is 5. The van der Waals surface area contributed by atoms with E-state index in [0.29, 0.717) is 17.8 Å². The van der Waals surface area contributed by atoms with Crippen LogP contribution in [0.25, 0.3) is 11.0 Å². The zero-order chi connectivity index (χ0) is 14.0. The van der Waals surface area contributed by atoms with Crippen molar-refractivity contribution in [2.75, 3.05) is 5.88 Å². The van der Waals surface area contributed by atoms with Gasteiger partial charge < -0.3 is 4.57 Å². The van der Waals surface area contributed by atoms with Crippen molar-refractivity contribution in [2.45, 2.75) is 39.2 Å². The summed E-state index contributed by atoms with van der Waals surface area (Å²) in [5.41, 5.74) is 0.750. The van der Waals surface area contributed by atoms with Crippen LogP contribution in [0.15, 0.2) is 12.1 Å². The molecule has 0 saturated heterocycles. The second-order valence-electron chi connectivity index (χ2n) is 4.56. The highest BCUT2D eigenvalue weighted by molar-refractivity contribution is 6.17. The maximum Gasteiger partial charge on any atom is 0.153 e. The molecule has 0 bridgehead atoms. The second kappa shape index (κ2) is 5.87. The Morgan fingerprint density at radius 3 is 2.53 bits per heavy atom. The first-order valence-corrected chi connectivity index (χ1v) is 7.07.